The number of nitrogens with zero attached hydrogens (tertiary/aromatic N) is 1. The highest BCUT2D eigenvalue weighted by molar-refractivity contribution is 7.89. The molecule has 0 aliphatic heterocycles. The summed E-state index contributed by atoms with van der Waals surface area (Å²) in [6.45, 7) is 1.65. The maximum absolute atomic E-state index is 11.9. The van der Waals surface area contributed by atoms with Crippen molar-refractivity contribution < 1.29 is 8.42 Å². The van der Waals surface area contributed by atoms with Crippen molar-refractivity contribution in [2.75, 3.05) is 18.8 Å². The van der Waals surface area contributed by atoms with Gasteiger partial charge in [-0.15, -0.1) is 0 Å². The van der Waals surface area contributed by atoms with Crippen LogP contribution < -0.4 is 10.0 Å². The fraction of sp³-hybridized carbons (Fsp3) is 0.533. The van der Waals surface area contributed by atoms with E-state index < -0.39 is 10.0 Å². The molecule has 1 aliphatic rings. The van der Waals surface area contributed by atoms with Crippen LogP contribution in [0.5, 0.6) is 0 Å². The van der Waals surface area contributed by atoms with Gasteiger partial charge in [0, 0.05) is 25.0 Å². The number of aromatic amines is 1. The van der Waals surface area contributed by atoms with Crippen LogP contribution in [0.1, 0.15) is 24.8 Å². The molecule has 22 heavy (non-hydrogen) atoms. The zero-order valence-corrected chi connectivity index (χ0v) is 13.3. The van der Waals surface area contributed by atoms with E-state index in [1.54, 1.807) is 6.20 Å². The highest BCUT2D eigenvalue weighted by atomic mass is 32.2. The Kier molecular flexibility index (Phi) is 4.75. The van der Waals surface area contributed by atoms with Crippen LogP contribution in [0.2, 0.25) is 0 Å². The van der Waals surface area contributed by atoms with Crippen LogP contribution in [0.4, 0.5) is 0 Å². The molecule has 3 rings (SSSR count). The molecule has 1 heterocycles. The predicted octanol–water partition coefficient (Wildman–Crippen LogP) is 1.37. The number of rotatable bonds is 8. The minimum Gasteiger partial charge on any atom is -0.312 e. The van der Waals surface area contributed by atoms with Gasteiger partial charge in [0.05, 0.1) is 17.5 Å². The molecule has 1 aromatic heterocycles. The van der Waals surface area contributed by atoms with Crippen molar-refractivity contribution in [1.29, 1.82) is 0 Å². The quantitative estimate of drug-likeness (QED) is 0.641. The maximum Gasteiger partial charge on any atom is 0.212 e. The minimum absolute atomic E-state index is 0.110. The van der Waals surface area contributed by atoms with E-state index in [4.69, 9.17) is 0 Å². The lowest BCUT2D eigenvalue weighted by Crippen LogP contribution is -2.36. The first-order valence-electron chi connectivity index (χ1n) is 7.73. The molecular weight excluding hydrogens is 300 g/mol. The summed E-state index contributed by atoms with van der Waals surface area (Å²) in [7, 11) is -3.17. The smallest absolute Gasteiger partial charge is 0.212 e. The van der Waals surface area contributed by atoms with Crippen molar-refractivity contribution in [3.8, 4) is 0 Å². The summed E-state index contributed by atoms with van der Waals surface area (Å²) in [6.07, 6.45) is 5.31. The molecule has 0 atom stereocenters. The standard InChI is InChI=1S/C15H22N4O2S/c20-22(21,18-9-12-3-1-4-12)8-7-16-10-13-5-2-6-14-11-17-19-15(13)14/h2,5-6,11-12,16,18H,1,3-4,7-10H2,(H,17,19). The van der Waals surface area contributed by atoms with Crippen molar-refractivity contribution in [2.24, 2.45) is 5.92 Å². The van der Waals surface area contributed by atoms with Gasteiger partial charge in [0.2, 0.25) is 10.0 Å². The van der Waals surface area contributed by atoms with Crippen molar-refractivity contribution in [1.82, 2.24) is 20.2 Å². The molecule has 7 heteroatoms. The largest absolute Gasteiger partial charge is 0.312 e. The summed E-state index contributed by atoms with van der Waals surface area (Å²) in [5.41, 5.74) is 2.09. The molecule has 1 aliphatic carbocycles. The van der Waals surface area contributed by atoms with Gasteiger partial charge in [0.15, 0.2) is 0 Å². The Bertz CT molecular complexity index is 722. The van der Waals surface area contributed by atoms with E-state index >= 15 is 0 Å². The van der Waals surface area contributed by atoms with E-state index in [-0.39, 0.29) is 5.75 Å². The fourth-order valence-corrected chi connectivity index (χ4v) is 3.67. The number of H-pyrrole nitrogens is 1. The summed E-state index contributed by atoms with van der Waals surface area (Å²) in [5.74, 6) is 0.652. The van der Waals surface area contributed by atoms with Crippen LogP contribution in [-0.4, -0.2) is 37.5 Å². The monoisotopic (exact) mass is 322 g/mol. The summed E-state index contributed by atoms with van der Waals surface area (Å²) in [4.78, 5) is 0. The van der Waals surface area contributed by atoms with E-state index in [0.29, 0.717) is 25.6 Å². The van der Waals surface area contributed by atoms with Gasteiger partial charge in [0.1, 0.15) is 0 Å². The van der Waals surface area contributed by atoms with Gasteiger partial charge in [-0.25, -0.2) is 13.1 Å². The lowest BCUT2D eigenvalue weighted by Gasteiger charge is -2.25. The molecule has 0 radical (unpaired) electrons. The van der Waals surface area contributed by atoms with Gasteiger partial charge >= 0.3 is 0 Å². The Morgan fingerprint density at radius 2 is 2.18 bits per heavy atom. The Morgan fingerprint density at radius 1 is 1.32 bits per heavy atom. The van der Waals surface area contributed by atoms with Gasteiger partial charge < -0.3 is 5.32 Å². The molecule has 6 nitrogen and oxygen atoms in total. The second-order valence-corrected chi connectivity index (χ2v) is 7.82. The molecule has 0 spiro atoms. The van der Waals surface area contributed by atoms with E-state index in [0.717, 1.165) is 29.3 Å². The Hall–Kier alpha value is -1.44. The summed E-state index contributed by atoms with van der Waals surface area (Å²) < 4.78 is 26.5. The zero-order valence-electron chi connectivity index (χ0n) is 12.5. The fourth-order valence-electron chi connectivity index (χ4n) is 2.62. The first-order chi connectivity index (χ1) is 10.6. The average molecular weight is 322 g/mol. The predicted molar refractivity (Wildman–Crippen MR) is 86.9 cm³/mol. The maximum atomic E-state index is 11.9. The molecule has 0 amide bonds. The van der Waals surface area contributed by atoms with Crippen molar-refractivity contribution in [2.45, 2.75) is 25.8 Å². The van der Waals surface area contributed by atoms with Crippen LogP contribution in [-0.2, 0) is 16.6 Å². The SMILES string of the molecule is O=S(=O)(CCNCc1cccc2cn[nH]c12)NCC1CCC1. The number of para-hydroxylation sites is 1. The van der Waals surface area contributed by atoms with E-state index in [2.05, 4.69) is 20.2 Å². The summed E-state index contributed by atoms with van der Waals surface area (Å²) in [5, 5.41) is 11.2. The number of sulfonamides is 1. The zero-order chi connectivity index (χ0) is 15.4. The lowest BCUT2D eigenvalue weighted by atomic mass is 9.86. The molecule has 0 saturated heterocycles. The van der Waals surface area contributed by atoms with E-state index in [1.807, 2.05) is 18.2 Å². The lowest BCUT2D eigenvalue weighted by molar-refractivity contribution is 0.316. The molecule has 1 aromatic carbocycles. The third-order valence-corrected chi connectivity index (χ3v) is 5.59. The number of benzene rings is 1. The average Bonchev–Trinajstić information content (AvgIpc) is 2.91. The second-order valence-electron chi connectivity index (χ2n) is 5.89. The second kappa shape index (κ2) is 6.76. The molecule has 3 N–H and O–H groups in total. The molecule has 0 bridgehead atoms. The molecule has 0 unspecified atom stereocenters. The molecular formula is C15H22N4O2S. The van der Waals surface area contributed by atoms with Gasteiger partial charge in [-0.3, -0.25) is 5.10 Å². The molecule has 1 saturated carbocycles. The molecule has 120 valence electrons. The van der Waals surface area contributed by atoms with Gasteiger partial charge in [-0.1, -0.05) is 24.6 Å². The van der Waals surface area contributed by atoms with Crippen LogP contribution in [0.3, 0.4) is 0 Å². The summed E-state index contributed by atoms with van der Waals surface area (Å²) in [6, 6.07) is 5.99. The number of fused-ring (bicyclic) bond motifs is 1. The molecule has 1 fully saturated rings. The van der Waals surface area contributed by atoms with Gasteiger partial charge in [-0.2, -0.15) is 5.10 Å². The van der Waals surface area contributed by atoms with Gasteiger partial charge in [-0.05, 0) is 24.3 Å². The molecule has 2 aromatic rings. The van der Waals surface area contributed by atoms with Crippen LogP contribution in [0, 0.1) is 5.92 Å². The number of hydrogen-bond donors (Lipinski definition) is 3. The normalized spacial score (nSPS) is 16.0. The van der Waals surface area contributed by atoms with Crippen molar-refractivity contribution in [3.63, 3.8) is 0 Å². The van der Waals surface area contributed by atoms with Crippen LogP contribution in [0.25, 0.3) is 10.9 Å². The first kappa shape index (κ1) is 15.5. The minimum atomic E-state index is -3.17. The highest BCUT2D eigenvalue weighted by Gasteiger charge is 2.19. The Morgan fingerprint density at radius 3 is 2.95 bits per heavy atom. The number of nitrogens with one attached hydrogen (secondary N) is 3. The van der Waals surface area contributed by atoms with E-state index in [1.165, 1.54) is 6.42 Å². The topological polar surface area (TPSA) is 86.9 Å². The number of aromatic nitrogens is 2. The first-order valence-corrected chi connectivity index (χ1v) is 9.38. The Labute approximate surface area is 130 Å². The van der Waals surface area contributed by atoms with Crippen molar-refractivity contribution >= 4 is 20.9 Å². The highest BCUT2D eigenvalue weighted by Crippen LogP contribution is 2.25. The third kappa shape index (κ3) is 3.85. The van der Waals surface area contributed by atoms with Crippen LogP contribution in [0.15, 0.2) is 24.4 Å². The third-order valence-electron chi connectivity index (χ3n) is 4.24. The van der Waals surface area contributed by atoms with Gasteiger partial charge in [0.25, 0.3) is 0 Å². The Balaban J connectivity index is 1.43. The van der Waals surface area contributed by atoms with Crippen molar-refractivity contribution in [3.05, 3.63) is 30.0 Å². The summed E-state index contributed by atoms with van der Waals surface area (Å²) >= 11 is 0. The number of hydrogen-bond acceptors (Lipinski definition) is 4. The van der Waals surface area contributed by atoms with E-state index in [9.17, 15) is 8.42 Å². The van der Waals surface area contributed by atoms with Crippen LogP contribution >= 0.6 is 0 Å².